The summed E-state index contributed by atoms with van der Waals surface area (Å²) >= 11 is 0. The predicted octanol–water partition coefficient (Wildman–Crippen LogP) is 3.05. The lowest BCUT2D eigenvalue weighted by molar-refractivity contribution is -0.383. The zero-order valence-electron chi connectivity index (χ0n) is 11.5. The minimum Gasteiger partial charge on any atom is -0.345 e. The summed E-state index contributed by atoms with van der Waals surface area (Å²) in [5.41, 5.74) is -0.554. The van der Waals surface area contributed by atoms with E-state index in [-0.39, 0.29) is 16.9 Å². The number of H-pyrrole nitrogens is 1. The third kappa shape index (κ3) is 3.76. The first-order valence-electron chi connectivity index (χ1n) is 6.41. The van der Waals surface area contributed by atoms with Gasteiger partial charge in [-0.3, -0.25) is 14.9 Å². The van der Waals surface area contributed by atoms with Crippen molar-refractivity contribution in [3.63, 3.8) is 0 Å². The molecular weight excluding hydrogens is 322 g/mol. The van der Waals surface area contributed by atoms with Crippen molar-refractivity contribution in [3.8, 4) is 0 Å². The molecule has 23 heavy (non-hydrogen) atoms. The maximum Gasteiger partial charge on any atom is 0.293 e. The second-order valence-electron chi connectivity index (χ2n) is 4.67. The fourth-order valence-electron chi connectivity index (χ4n) is 2.15. The smallest absolute Gasteiger partial charge is 0.293 e. The molecule has 0 atom stereocenters. The van der Waals surface area contributed by atoms with Gasteiger partial charge in [-0.1, -0.05) is 12.1 Å². The van der Waals surface area contributed by atoms with E-state index < -0.39 is 36.8 Å². The van der Waals surface area contributed by atoms with Crippen molar-refractivity contribution in [2.45, 2.75) is 12.9 Å². The van der Waals surface area contributed by atoms with Gasteiger partial charge in [0.2, 0.25) is 0 Å². The summed E-state index contributed by atoms with van der Waals surface area (Å²) in [5.74, 6) is -1.07. The average molecular weight is 333 g/mol. The van der Waals surface area contributed by atoms with Crippen LogP contribution in [-0.4, -0.2) is 46.7 Å². The van der Waals surface area contributed by atoms with Crippen molar-refractivity contribution in [1.29, 1.82) is 0 Å². The minimum atomic E-state index is -2.98. The number of alkyl halides is 4. The number of carbonyl (C=O) groups excluding carboxylic acids is 1. The molecule has 0 fully saturated rings. The number of benzene rings is 1. The Morgan fingerprint density at radius 3 is 2.35 bits per heavy atom. The van der Waals surface area contributed by atoms with Gasteiger partial charge in [0, 0.05) is 11.5 Å². The quantitative estimate of drug-likeness (QED) is 0.501. The van der Waals surface area contributed by atoms with Gasteiger partial charge >= 0.3 is 0 Å². The van der Waals surface area contributed by atoms with Gasteiger partial charge in [-0.25, -0.2) is 17.6 Å². The number of fused-ring (bicyclic) bond motifs is 1. The van der Waals surface area contributed by atoms with Crippen LogP contribution in [0.15, 0.2) is 24.3 Å². The van der Waals surface area contributed by atoms with Crippen LogP contribution in [0.4, 0.5) is 23.2 Å². The number of nitro groups is 1. The van der Waals surface area contributed by atoms with Crippen molar-refractivity contribution in [2.24, 2.45) is 0 Å². The Balaban J connectivity index is 2.39. The van der Waals surface area contributed by atoms with E-state index in [4.69, 9.17) is 0 Å². The number of aromatic amines is 1. The first-order valence-corrected chi connectivity index (χ1v) is 6.41. The molecule has 0 bridgehead atoms. The van der Waals surface area contributed by atoms with Crippen LogP contribution in [-0.2, 0) is 0 Å². The highest BCUT2D eigenvalue weighted by Crippen LogP contribution is 2.26. The number of hydrogen-bond donors (Lipinski definition) is 1. The number of aromatic nitrogens is 1. The second-order valence-corrected chi connectivity index (χ2v) is 4.67. The Labute approximate surface area is 126 Å². The predicted molar refractivity (Wildman–Crippen MR) is 72.9 cm³/mol. The normalized spacial score (nSPS) is 11.4. The van der Waals surface area contributed by atoms with Gasteiger partial charge in [0.1, 0.15) is 11.2 Å². The molecule has 1 aromatic carbocycles. The van der Waals surface area contributed by atoms with E-state index in [1.54, 1.807) is 0 Å². The van der Waals surface area contributed by atoms with Crippen LogP contribution >= 0.6 is 0 Å². The van der Waals surface area contributed by atoms with Crippen molar-refractivity contribution in [3.05, 3.63) is 40.1 Å². The molecule has 1 N–H and O–H groups in total. The molecule has 0 saturated heterocycles. The number of non-ortho nitro benzene ring substituents is 1. The summed E-state index contributed by atoms with van der Waals surface area (Å²) in [6.45, 7) is -2.30. The van der Waals surface area contributed by atoms with Gasteiger partial charge in [-0.05, 0) is 6.07 Å². The molecule has 0 saturated carbocycles. The average Bonchev–Trinajstić information content (AvgIpc) is 2.88. The van der Waals surface area contributed by atoms with E-state index in [0.29, 0.717) is 10.3 Å². The number of carbonyl (C=O) groups is 1. The number of hydrogen-bond acceptors (Lipinski definition) is 3. The summed E-state index contributed by atoms with van der Waals surface area (Å²) in [6, 6.07) is 5.26. The molecule has 6 nitrogen and oxygen atoms in total. The lowest BCUT2D eigenvalue weighted by Crippen LogP contribution is -2.38. The number of nitrogens with zero attached hydrogens (tertiary/aromatic N) is 2. The number of halogens is 4. The minimum absolute atomic E-state index is 0.0230. The zero-order chi connectivity index (χ0) is 17.1. The molecule has 0 aliphatic carbocycles. The van der Waals surface area contributed by atoms with Crippen LogP contribution in [0, 0.1) is 10.1 Å². The fraction of sp³-hybridized carbons (Fsp3) is 0.308. The molecule has 1 aromatic heterocycles. The molecule has 0 aliphatic heterocycles. The zero-order valence-corrected chi connectivity index (χ0v) is 11.5. The fourth-order valence-corrected chi connectivity index (χ4v) is 2.15. The summed E-state index contributed by atoms with van der Waals surface area (Å²) < 4.78 is 49.8. The van der Waals surface area contributed by atoms with Crippen LogP contribution in [0.5, 0.6) is 0 Å². The van der Waals surface area contributed by atoms with E-state index in [1.807, 2.05) is 0 Å². The lowest BCUT2D eigenvalue weighted by Gasteiger charge is -2.21. The molecule has 2 aromatic rings. The highest BCUT2D eigenvalue weighted by Gasteiger charge is 2.25. The molecule has 10 heteroatoms. The maximum absolute atomic E-state index is 12.4. The van der Waals surface area contributed by atoms with Gasteiger partial charge in [-0.2, -0.15) is 0 Å². The standard InChI is InChI=1S/C13H11F4N3O3/c14-10(15)5-19(6-11(16)17)13(21)8-4-7-2-1-3-9(20(22)23)12(7)18-8/h1-4,10-11,18H,5-6H2. The highest BCUT2D eigenvalue weighted by atomic mass is 19.3. The Morgan fingerprint density at radius 2 is 1.83 bits per heavy atom. The van der Waals surface area contributed by atoms with Crippen LogP contribution in [0.1, 0.15) is 10.5 Å². The van der Waals surface area contributed by atoms with Crippen LogP contribution in [0.25, 0.3) is 10.9 Å². The van der Waals surface area contributed by atoms with E-state index >= 15 is 0 Å². The number of nitrogens with one attached hydrogen (secondary N) is 1. The lowest BCUT2D eigenvalue weighted by atomic mass is 10.2. The summed E-state index contributed by atoms with van der Waals surface area (Å²) in [7, 11) is 0. The molecule has 0 radical (unpaired) electrons. The molecular formula is C13H11F4N3O3. The topological polar surface area (TPSA) is 79.2 Å². The second kappa shape index (κ2) is 6.63. The molecule has 0 aliphatic rings. The van der Waals surface area contributed by atoms with E-state index in [9.17, 15) is 32.5 Å². The van der Waals surface area contributed by atoms with Gasteiger partial charge in [-0.15, -0.1) is 0 Å². The van der Waals surface area contributed by atoms with Crippen LogP contribution in [0.3, 0.4) is 0 Å². The first-order chi connectivity index (χ1) is 10.8. The molecule has 1 heterocycles. The summed E-state index contributed by atoms with van der Waals surface area (Å²) in [4.78, 5) is 25.1. The van der Waals surface area contributed by atoms with E-state index in [1.165, 1.54) is 24.3 Å². The first kappa shape index (κ1) is 16.7. The number of amides is 1. The third-order valence-corrected chi connectivity index (χ3v) is 3.07. The molecule has 0 unspecified atom stereocenters. The molecule has 1 amide bonds. The number of rotatable bonds is 6. The summed E-state index contributed by atoms with van der Waals surface area (Å²) in [6.07, 6.45) is -5.95. The van der Waals surface area contributed by atoms with E-state index in [0.717, 1.165) is 0 Å². The van der Waals surface area contributed by atoms with Gasteiger partial charge < -0.3 is 9.88 Å². The molecule has 124 valence electrons. The van der Waals surface area contributed by atoms with Crippen molar-refractivity contribution in [2.75, 3.05) is 13.1 Å². The van der Waals surface area contributed by atoms with Gasteiger partial charge in [0.05, 0.1) is 18.0 Å². The Morgan fingerprint density at radius 1 is 1.22 bits per heavy atom. The van der Waals surface area contributed by atoms with Crippen molar-refractivity contribution >= 4 is 22.5 Å². The van der Waals surface area contributed by atoms with E-state index in [2.05, 4.69) is 4.98 Å². The number of nitro benzene ring substituents is 1. The van der Waals surface area contributed by atoms with Crippen molar-refractivity contribution < 1.29 is 27.3 Å². The largest absolute Gasteiger partial charge is 0.345 e. The van der Waals surface area contributed by atoms with Gasteiger partial charge in [0.25, 0.3) is 24.4 Å². The highest BCUT2D eigenvalue weighted by molar-refractivity contribution is 6.00. The van der Waals surface area contributed by atoms with Crippen LogP contribution < -0.4 is 0 Å². The molecule has 0 spiro atoms. The summed E-state index contributed by atoms with van der Waals surface area (Å²) in [5, 5.41) is 11.2. The monoisotopic (exact) mass is 333 g/mol. The molecule has 2 rings (SSSR count). The SMILES string of the molecule is O=C(c1cc2cccc([N+](=O)[O-])c2[nH]1)N(CC(F)F)CC(F)F. The van der Waals surface area contributed by atoms with Crippen LogP contribution in [0.2, 0.25) is 0 Å². The van der Waals surface area contributed by atoms with Crippen molar-refractivity contribution in [1.82, 2.24) is 9.88 Å². The number of para-hydroxylation sites is 1. The van der Waals surface area contributed by atoms with Gasteiger partial charge in [0.15, 0.2) is 0 Å². The Kier molecular flexibility index (Phi) is 4.82. The third-order valence-electron chi connectivity index (χ3n) is 3.07. The maximum atomic E-state index is 12.4. The Hall–Kier alpha value is -2.65. The Bertz CT molecular complexity index is 722.